The Kier molecular flexibility index (Phi) is 8.91. The summed E-state index contributed by atoms with van der Waals surface area (Å²) in [6.07, 6.45) is 8.75. The Morgan fingerprint density at radius 2 is 2.00 bits per heavy atom. The topological polar surface area (TPSA) is 30.5 Å². The van der Waals surface area contributed by atoms with Gasteiger partial charge in [-0.2, -0.15) is 0 Å². The fraction of sp³-hybridized carbons (Fsp3) is 0.417. The Morgan fingerprint density at radius 3 is 2.76 bits per heavy atom. The third-order valence-electron chi connectivity index (χ3n) is 5.04. The first-order valence-electron chi connectivity index (χ1n) is 10.4. The lowest BCUT2D eigenvalue weighted by Crippen LogP contribution is -2.16. The van der Waals surface area contributed by atoms with Crippen LogP contribution in [0.2, 0.25) is 5.02 Å². The van der Waals surface area contributed by atoms with E-state index in [9.17, 15) is 0 Å². The maximum Gasteiger partial charge on any atom is 0.175 e. The molecule has 0 heterocycles. The molecule has 0 radical (unpaired) electrons. The third-order valence-corrected chi connectivity index (χ3v) is 5.99. The lowest BCUT2D eigenvalue weighted by molar-refractivity contribution is 0.267. The predicted octanol–water partition coefficient (Wildman–Crippen LogP) is 7.06. The predicted molar refractivity (Wildman–Crippen MR) is 124 cm³/mol. The minimum absolute atomic E-state index is 0.394. The summed E-state index contributed by atoms with van der Waals surface area (Å²) in [5, 5.41) is 4.26. The summed E-state index contributed by atoms with van der Waals surface area (Å²) in [5.74, 6) is 1.46. The van der Waals surface area contributed by atoms with Crippen LogP contribution in [0.3, 0.4) is 0 Å². The number of halogens is 2. The van der Waals surface area contributed by atoms with Gasteiger partial charge in [0.25, 0.3) is 0 Å². The van der Waals surface area contributed by atoms with E-state index in [1.165, 1.54) is 31.2 Å². The van der Waals surface area contributed by atoms with Crippen LogP contribution >= 0.6 is 27.5 Å². The van der Waals surface area contributed by atoms with Gasteiger partial charge in [-0.05, 0) is 85.3 Å². The van der Waals surface area contributed by atoms with E-state index < -0.39 is 0 Å². The van der Waals surface area contributed by atoms with E-state index in [1.807, 2.05) is 31.2 Å². The SMILES string of the molecule is CCOc1cc(CNCCC2=CCCCC2)cc(Br)c1OCc1ccccc1Cl. The molecule has 0 amide bonds. The van der Waals surface area contributed by atoms with Crippen molar-refractivity contribution in [1.82, 2.24) is 5.32 Å². The average molecular weight is 479 g/mol. The highest BCUT2D eigenvalue weighted by molar-refractivity contribution is 9.10. The molecule has 0 bridgehead atoms. The molecule has 0 spiro atoms. The van der Waals surface area contributed by atoms with Crippen molar-refractivity contribution in [3.63, 3.8) is 0 Å². The van der Waals surface area contributed by atoms with Gasteiger partial charge in [-0.1, -0.05) is 41.4 Å². The van der Waals surface area contributed by atoms with Gasteiger partial charge in [-0.15, -0.1) is 0 Å². The van der Waals surface area contributed by atoms with Crippen LogP contribution in [0.1, 0.15) is 50.2 Å². The summed E-state index contributed by atoms with van der Waals surface area (Å²) < 4.78 is 12.8. The van der Waals surface area contributed by atoms with Crippen molar-refractivity contribution in [2.45, 2.75) is 52.2 Å². The van der Waals surface area contributed by atoms with Crippen LogP contribution in [0.15, 0.2) is 52.5 Å². The van der Waals surface area contributed by atoms with E-state index in [1.54, 1.807) is 5.57 Å². The van der Waals surface area contributed by atoms with Crippen molar-refractivity contribution in [3.8, 4) is 11.5 Å². The summed E-state index contributed by atoms with van der Waals surface area (Å²) in [4.78, 5) is 0. The second-order valence-corrected chi connectivity index (χ2v) is 8.51. The zero-order valence-corrected chi connectivity index (χ0v) is 19.3. The number of ether oxygens (including phenoxy) is 2. The van der Waals surface area contributed by atoms with Crippen LogP contribution in [-0.2, 0) is 13.2 Å². The van der Waals surface area contributed by atoms with Crippen LogP contribution in [0.4, 0.5) is 0 Å². The number of allylic oxidation sites excluding steroid dienone is 1. The number of rotatable bonds is 10. The number of nitrogens with one attached hydrogen (secondary N) is 1. The molecule has 0 atom stereocenters. The second kappa shape index (κ2) is 11.6. The number of benzene rings is 2. The molecule has 0 aliphatic heterocycles. The van der Waals surface area contributed by atoms with Gasteiger partial charge in [0.1, 0.15) is 6.61 Å². The van der Waals surface area contributed by atoms with E-state index in [0.717, 1.165) is 35.3 Å². The van der Waals surface area contributed by atoms with E-state index in [4.69, 9.17) is 21.1 Å². The van der Waals surface area contributed by atoms with Crippen LogP contribution in [-0.4, -0.2) is 13.2 Å². The molecule has 5 heteroatoms. The molecule has 1 aliphatic carbocycles. The van der Waals surface area contributed by atoms with Gasteiger partial charge in [0.15, 0.2) is 11.5 Å². The molecule has 1 N–H and O–H groups in total. The molecule has 0 saturated heterocycles. The fourth-order valence-corrected chi connectivity index (χ4v) is 4.30. The fourth-order valence-electron chi connectivity index (χ4n) is 3.51. The van der Waals surface area contributed by atoms with Gasteiger partial charge in [0.05, 0.1) is 11.1 Å². The van der Waals surface area contributed by atoms with Crippen molar-refractivity contribution in [2.24, 2.45) is 0 Å². The molecule has 156 valence electrons. The highest BCUT2D eigenvalue weighted by atomic mass is 79.9. The van der Waals surface area contributed by atoms with Crippen LogP contribution < -0.4 is 14.8 Å². The summed E-state index contributed by atoms with van der Waals surface area (Å²) in [7, 11) is 0. The number of hydrogen-bond donors (Lipinski definition) is 1. The molecule has 0 unspecified atom stereocenters. The van der Waals surface area contributed by atoms with Crippen molar-refractivity contribution in [3.05, 3.63) is 68.7 Å². The zero-order valence-electron chi connectivity index (χ0n) is 17.0. The van der Waals surface area contributed by atoms with Crippen LogP contribution in [0.25, 0.3) is 0 Å². The first-order valence-corrected chi connectivity index (χ1v) is 11.5. The smallest absolute Gasteiger partial charge is 0.175 e. The normalized spacial score (nSPS) is 13.8. The van der Waals surface area contributed by atoms with E-state index in [2.05, 4.69) is 39.5 Å². The molecule has 0 fully saturated rings. The minimum atomic E-state index is 0.394. The first-order chi connectivity index (χ1) is 14.2. The number of hydrogen-bond acceptors (Lipinski definition) is 3. The molecule has 0 saturated carbocycles. The highest BCUT2D eigenvalue weighted by Gasteiger charge is 2.13. The third kappa shape index (κ3) is 6.77. The molecule has 0 aromatic heterocycles. The maximum absolute atomic E-state index is 6.25. The first kappa shape index (κ1) is 22.2. The van der Waals surface area contributed by atoms with E-state index in [-0.39, 0.29) is 0 Å². The van der Waals surface area contributed by atoms with E-state index >= 15 is 0 Å². The minimum Gasteiger partial charge on any atom is -0.490 e. The summed E-state index contributed by atoms with van der Waals surface area (Å²) in [5.41, 5.74) is 3.72. The largest absolute Gasteiger partial charge is 0.490 e. The Labute approximate surface area is 187 Å². The zero-order chi connectivity index (χ0) is 20.5. The van der Waals surface area contributed by atoms with Gasteiger partial charge in [0, 0.05) is 17.1 Å². The monoisotopic (exact) mass is 477 g/mol. The maximum atomic E-state index is 6.25. The van der Waals surface area contributed by atoms with Gasteiger partial charge in [-0.3, -0.25) is 0 Å². The average Bonchev–Trinajstić information content (AvgIpc) is 2.73. The Bertz CT molecular complexity index is 838. The highest BCUT2D eigenvalue weighted by Crippen LogP contribution is 2.38. The molecular formula is C24H29BrClNO2. The van der Waals surface area contributed by atoms with Crippen molar-refractivity contribution in [2.75, 3.05) is 13.2 Å². The summed E-state index contributed by atoms with van der Waals surface area (Å²) in [6.45, 7) is 4.76. The quantitative estimate of drug-likeness (QED) is 0.293. The molecule has 3 rings (SSSR count). The molecule has 3 nitrogen and oxygen atoms in total. The Morgan fingerprint density at radius 1 is 1.14 bits per heavy atom. The van der Waals surface area contributed by atoms with Crippen LogP contribution in [0, 0.1) is 0 Å². The summed E-state index contributed by atoms with van der Waals surface area (Å²) >= 11 is 9.91. The summed E-state index contributed by atoms with van der Waals surface area (Å²) in [6, 6.07) is 11.9. The van der Waals surface area contributed by atoms with Crippen molar-refractivity contribution >= 4 is 27.5 Å². The second-order valence-electron chi connectivity index (χ2n) is 7.25. The lowest BCUT2D eigenvalue weighted by atomic mass is 9.97. The molecule has 1 aliphatic rings. The molecule has 2 aromatic rings. The van der Waals surface area contributed by atoms with Gasteiger partial charge in [-0.25, -0.2) is 0 Å². The van der Waals surface area contributed by atoms with Crippen molar-refractivity contribution < 1.29 is 9.47 Å². The van der Waals surface area contributed by atoms with Crippen LogP contribution in [0.5, 0.6) is 11.5 Å². The van der Waals surface area contributed by atoms with Gasteiger partial charge >= 0.3 is 0 Å². The van der Waals surface area contributed by atoms with Gasteiger partial charge < -0.3 is 14.8 Å². The Balaban J connectivity index is 1.61. The molecule has 29 heavy (non-hydrogen) atoms. The lowest BCUT2D eigenvalue weighted by Gasteiger charge is -2.17. The standard InChI is InChI=1S/C24H29BrClNO2/c1-2-28-23-15-19(16-27-13-12-18-8-4-3-5-9-18)14-21(25)24(23)29-17-20-10-6-7-11-22(20)26/h6-8,10-11,14-15,27H,2-5,9,12-13,16-17H2,1H3. The van der Waals surface area contributed by atoms with E-state index in [0.29, 0.717) is 24.0 Å². The Hall–Kier alpha value is -1.49. The van der Waals surface area contributed by atoms with Crippen molar-refractivity contribution in [1.29, 1.82) is 0 Å². The molecular weight excluding hydrogens is 450 g/mol. The molecule has 2 aromatic carbocycles. The van der Waals surface area contributed by atoms with Gasteiger partial charge in [0.2, 0.25) is 0 Å².